The molecule has 1 aromatic carbocycles. The number of amides is 1. The Labute approximate surface area is 122 Å². The first-order chi connectivity index (χ1) is 9.49. The topological polar surface area (TPSA) is 71.2 Å². The fourth-order valence-electron chi connectivity index (χ4n) is 1.88. The number of benzene rings is 1. The smallest absolute Gasteiger partial charge is 0.253 e. The second kappa shape index (κ2) is 5.92. The minimum absolute atomic E-state index is 0.131. The van der Waals surface area contributed by atoms with Gasteiger partial charge in [0.05, 0.1) is 23.3 Å². The van der Waals surface area contributed by atoms with E-state index in [1.807, 2.05) is 32.0 Å². The number of aryl methyl sites for hydroxylation is 1. The van der Waals surface area contributed by atoms with Gasteiger partial charge in [-0.1, -0.05) is 0 Å². The number of nitrogens with one attached hydrogen (secondary N) is 1. The van der Waals surface area contributed by atoms with Crippen LogP contribution in [0.25, 0.3) is 0 Å². The van der Waals surface area contributed by atoms with Gasteiger partial charge in [0.1, 0.15) is 0 Å². The van der Waals surface area contributed by atoms with Crippen LogP contribution in [0.2, 0.25) is 0 Å². The zero-order valence-electron chi connectivity index (χ0n) is 11.8. The van der Waals surface area contributed by atoms with Gasteiger partial charge in [-0.3, -0.25) is 4.79 Å². The second-order valence-corrected chi connectivity index (χ2v) is 5.65. The molecular formula is C14H18N4OS. The summed E-state index contributed by atoms with van der Waals surface area (Å²) in [7, 11) is 3.80. The molecule has 0 unspecified atom stereocenters. The van der Waals surface area contributed by atoms with Crippen LogP contribution in [0.1, 0.15) is 20.9 Å². The second-order valence-electron chi connectivity index (χ2n) is 4.71. The van der Waals surface area contributed by atoms with E-state index in [9.17, 15) is 4.79 Å². The molecule has 0 spiro atoms. The van der Waals surface area contributed by atoms with Crippen molar-refractivity contribution in [3.05, 3.63) is 39.8 Å². The Morgan fingerprint density at radius 3 is 2.80 bits per heavy atom. The van der Waals surface area contributed by atoms with Gasteiger partial charge in [0.25, 0.3) is 5.91 Å². The maximum absolute atomic E-state index is 12.3. The molecule has 3 N–H and O–H groups in total. The van der Waals surface area contributed by atoms with Crippen LogP contribution in [-0.2, 0) is 6.54 Å². The van der Waals surface area contributed by atoms with E-state index in [1.165, 1.54) is 11.3 Å². The largest absolute Gasteiger partial charge is 0.399 e. The number of hydrogen-bond acceptors (Lipinski definition) is 5. The van der Waals surface area contributed by atoms with Crippen LogP contribution in [-0.4, -0.2) is 25.0 Å². The molecule has 0 aliphatic carbocycles. The molecule has 0 atom stereocenters. The van der Waals surface area contributed by atoms with Crippen LogP contribution < -0.4 is 16.0 Å². The highest BCUT2D eigenvalue weighted by Gasteiger charge is 2.14. The molecule has 0 aliphatic rings. The van der Waals surface area contributed by atoms with Crippen molar-refractivity contribution in [2.75, 3.05) is 24.7 Å². The number of anilines is 2. The molecule has 5 nitrogen and oxygen atoms in total. The summed E-state index contributed by atoms with van der Waals surface area (Å²) in [4.78, 5) is 19.4. The van der Waals surface area contributed by atoms with E-state index in [4.69, 9.17) is 5.73 Å². The van der Waals surface area contributed by atoms with Crippen LogP contribution in [0, 0.1) is 6.92 Å². The van der Waals surface area contributed by atoms with Crippen LogP contribution >= 0.6 is 11.3 Å². The lowest BCUT2D eigenvalue weighted by Gasteiger charge is -2.17. The van der Waals surface area contributed by atoms with E-state index in [0.717, 1.165) is 16.3 Å². The van der Waals surface area contributed by atoms with E-state index in [0.29, 0.717) is 17.8 Å². The van der Waals surface area contributed by atoms with Crippen molar-refractivity contribution in [3.8, 4) is 0 Å². The van der Waals surface area contributed by atoms with Gasteiger partial charge in [0.2, 0.25) is 0 Å². The maximum Gasteiger partial charge on any atom is 0.253 e. The Bertz CT molecular complexity index is 621. The van der Waals surface area contributed by atoms with Crippen LogP contribution in [0.3, 0.4) is 0 Å². The third kappa shape index (κ3) is 3.08. The molecule has 0 bridgehead atoms. The molecule has 0 radical (unpaired) electrons. The lowest BCUT2D eigenvalue weighted by molar-refractivity contribution is 0.0952. The normalized spacial score (nSPS) is 10.3. The molecule has 2 aromatic rings. The lowest BCUT2D eigenvalue weighted by atomic mass is 10.1. The number of thiazole rings is 1. The van der Waals surface area contributed by atoms with Gasteiger partial charge in [-0.2, -0.15) is 0 Å². The number of nitrogen functional groups attached to an aromatic ring is 1. The molecule has 1 amide bonds. The monoisotopic (exact) mass is 290 g/mol. The standard InChI is InChI=1S/C14H18N4OS/c1-9-13(20-8-17-9)7-16-14(19)11-6-10(15)4-5-12(11)18(2)3/h4-6,8H,7,15H2,1-3H3,(H,16,19). The summed E-state index contributed by atoms with van der Waals surface area (Å²) < 4.78 is 0. The molecule has 6 heteroatoms. The fourth-order valence-corrected chi connectivity index (χ4v) is 2.59. The van der Waals surface area contributed by atoms with E-state index >= 15 is 0 Å². The Morgan fingerprint density at radius 2 is 2.20 bits per heavy atom. The van der Waals surface area contributed by atoms with Gasteiger partial charge in [0, 0.05) is 30.3 Å². The van der Waals surface area contributed by atoms with E-state index in [1.54, 1.807) is 17.6 Å². The van der Waals surface area contributed by atoms with Crippen molar-refractivity contribution in [2.45, 2.75) is 13.5 Å². The Morgan fingerprint density at radius 1 is 1.45 bits per heavy atom. The highest BCUT2D eigenvalue weighted by Crippen LogP contribution is 2.21. The molecule has 0 saturated carbocycles. The molecule has 1 heterocycles. The fraction of sp³-hybridized carbons (Fsp3) is 0.286. The summed E-state index contributed by atoms with van der Waals surface area (Å²) >= 11 is 1.54. The van der Waals surface area contributed by atoms with E-state index in [2.05, 4.69) is 10.3 Å². The molecule has 2 rings (SSSR count). The maximum atomic E-state index is 12.3. The zero-order chi connectivity index (χ0) is 14.7. The minimum atomic E-state index is -0.131. The van der Waals surface area contributed by atoms with Crippen molar-refractivity contribution in [3.63, 3.8) is 0 Å². The number of hydrogen-bond donors (Lipinski definition) is 2. The third-order valence-corrected chi connectivity index (χ3v) is 3.94. The molecule has 20 heavy (non-hydrogen) atoms. The highest BCUT2D eigenvalue weighted by molar-refractivity contribution is 7.09. The van der Waals surface area contributed by atoms with Gasteiger partial charge in [0.15, 0.2) is 0 Å². The number of rotatable bonds is 4. The first-order valence-corrected chi connectivity index (χ1v) is 7.11. The number of aromatic nitrogens is 1. The Balaban J connectivity index is 2.16. The molecular weight excluding hydrogens is 272 g/mol. The van der Waals surface area contributed by atoms with Gasteiger partial charge in [-0.05, 0) is 25.1 Å². The van der Waals surface area contributed by atoms with Gasteiger partial charge in [-0.25, -0.2) is 4.98 Å². The predicted molar refractivity (Wildman–Crippen MR) is 83.2 cm³/mol. The Hall–Kier alpha value is -2.08. The summed E-state index contributed by atoms with van der Waals surface area (Å²) in [5.41, 5.74) is 10.5. The number of nitrogens with zero attached hydrogens (tertiary/aromatic N) is 2. The van der Waals surface area contributed by atoms with Crippen LogP contribution in [0.5, 0.6) is 0 Å². The van der Waals surface area contributed by atoms with Gasteiger partial charge < -0.3 is 16.0 Å². The number of carbonyl (C=O) groups is 1. The molecule has 0 saturated heterocycles. The highest BCUT2D eigenvalue weighted by atomic mass is 32.1. The minimum Gasteiger partial charge on any atom is -0.399 e. The summed E-state index contributed by atoms with van der Waals surface area (Å²) in [6, 6.07) is 5.34. The predicted octanol–water partition coefficient (Wildman–Crippen LogP) is 2.03. The molecule has 1 aromatic heterocycles. The average molecular weight is 290 g/mol. The first kappa shape index (κ1) is 14.3. The molecule has 0 fully saturated rings. The summed E-state index contributed by atoms with van der Waals surface area (Å²) in [6.07, 6.45) is 0. The third-order valence-electron chi connectivity index (χ3n) is 3.00. The van der Waals surface area contributed by atoms with Crippen molar-refractivity contribution < 1.29 is 4.79 Å². The molecule has 106 valence electrons. The van der Waals surface area contributed by atoms with Gasteiger partial charge in [-0.15, -0.1) is 11.3 Å². The first-order valence-electron chi connectivity index (χ1n) is 6.23. The Kier molecular flexibility index (Phi) is 4.24. The van der Waals surface area contributed by atoms with Crippen LogP contribution in [0.4, 0.5) is 11.4 Å². The lowest BCUT2D eigenvalue weighted by Crippen LogP contribution is -2.25. The zero-order valence-corrected chi connectivity index (χ0v) is 12.6. The van der Waals surface area contributed by atoms with Crippen molar-refractivity contribution in [2.24, 2.45) is 0 Å². The number of carbonyl (C=O) groups excluding carboxylic acids is 1. The molecule has 0 aliphatic heterocycles. The van der Waals surface area contributed by atoms with Crippen molar-refractivity contribution in [1.29, 1.82) is 0 Å². The van der Waals surface area contributed by atoms with Crippen LogP contribution in [0.15, 0.2) is 23.7 Å². The van der Waals surface area contributed by atoms with Gasteiger partial charge >= 0.3 is 0 Å². The quantitative estimate of drug-likeness (QED) is 0.845. The summed E-state index contributed by atoms with van der Waals surface area (Å²) in [5, 5.41) is 2.91. The summed E-state index contributed by atoms with van der Waals surface area (Å²) in [5.74, 6) is -0.131. The van der Waals surface area contributed by atoms with Crippen molar-refractivity contribution >= 4 is 28.6 Å². The van der Waals surface area contributed by atoms with Crippen molar-refractivity contribution in [1.82, 2.24) is 10.3 Å². The average Bonchev–Trinajstić information content (AvgIpc) is 2.81. The SMILES string of the molecule is Cc1ncsc1CNC(=O)c1cc(N)ccc1N(C)C. The number of nitrogens with two attached hydrogens (primary N) is 1. The van der Waals surface area contributed by atoms with E-state index < -0.39 is 0 Å². The summed E-state index contributed by atoms with van der Waals surface area (Å²) in [6.45, 7) is 2.42. The van der Waals surface area contributed by atoms with E-state index in [-0.39, 0.29) is 5.91 Å².